The van der Waals surface area contributed by atoms with E-state index in [-0.39, 0.29) is 12.2 Å². The van der Waals surface area contributed by atoms with Crippen LogP contribution in [0.3, 0.4) is 0 Å². The third-order valence-corrected chi connectivity index (χ3v) is 7.52. The van der Waals surface area contributed by atoms with Gasteiger partial charge in [0.25, 0.3) is 0 Å². The molecule has 8 heteroatoms. The summed E-state index contributed by atoms with van der Waals surface area (Å²) in [5, 5.41) is 20.0. The topological polar surface area (TPSA) is 122 Å². The van der Waals surface area contributed by atoms with Crippen molar-refractivity contribution in [2.75, 3.05) is 0 Å². The molecule has 2 N–H and O–H groups in total. The van der Waals surface area contributed by atoms with Gasteiger partial charge in [-0.15, -0.1) is 0 Å². The highest BCUT2D eigenvalue weighted by Gasteiger charge is 2.56. The number of hydrogen-bond acceptors (Lipinski definition) is 5. The van der Waals surface area contributed by atoms with Crippen LogP contribution in [0.1, 0.15) is 63.9 Å². The number of pyridine rings is 1. The second kappa shape index (κ2) is 9.52. The Labute approximate surface area is 220 Å². The van der Waals surface area contributed by atoms with Gasteiger partial charge in [-0.1, -0.05) is 55.5 Å². The lowest BCUT2D eigenvalue weighted by Crippen LogP contribution is -2.44. The molecule has 0 aliphatic heterocycles. The Bertz CT molecular complexity index is 1570. The summed E-state index contributed by atoms with van der Waals surface area (Å²) >= 11 is 0. The van der Waals surface area contributed by atoms with Gasteiger partial charge in [0.1, 0.15) is 11.3 Å². The van der Waals surface area contributed by atoms with Crippen molar-refractivity contribution >= 4 is 28.9 Å². The molecule has 0 spiro atoms. The van der Waals surface area contributed by atoms with Crippen LogP contribution in [0.2, 0.25) is 0 Å². The molecular formula is C30H29N3O5. The van der Waals surface area contributed by atoms with Gasteiger partial charge < -0.3 is 14.8 Å². The Morgan fingerprint density at radius 2 is 1.71 bits per heavy atom. The largest absolute Gasteiger partial charge is 0.481 e. The molecule has 2 aromatic carbocycles. The molecule has 5 rings (SSSR count). The van der Waals surface area contributed by atoms with Crippen molar-refractivity contribution in [1.29, 1.82) is 0 Å². The van der Waals surface area contributed by atoms with Crippen LogP contribution in [0.5, 0.6) is 0 Å². The number of aryl methyl sites for hydroxylation is 3. The third kappa shape index (κ3) is 3.97. The molecule has 0 bridgehead atoms. The minimum absolute atomic E-state index is 0.218. The molecule has 0 saturated carbocycles. The molecule has 4 aromatic rings. The summed E-state index contributed by atoms with van der Waals surface area (Å²) in [6.07, 6.45) is 1.51. The van der Waals surface area contributed by atoms with Crippen LogP contribution in [0.15, 0.2) is 54.6 Å². The SMILES string of the molecule is CCCc1nc2c(C)cc(C)nc2n1Cc1ccc(C2(C(C(=O)O)C(=O)O)CC(=O)c3ccccc32)cc1. The van der Waals surface area contributed by atoms with E-state index in [1.54, 1.807) is 36.4 Å². The Morgan fingerprint density at radius 3 is 2.37 bits per heavy atom. The van der Waals surface area contributed by atoms with Gasteiger partial charge in [0.05, 0.1) is 12.0 Å². The molecule has 1 aliphatic rings. The van der Waals surface area contributed by atoms with Crippen molar-refractivity contribution in [1.82, 2.24) is 14.5 Å². The van der Waals surface area contributed by atoms with E-state index < -0.39 is 23.3 Å². The quantitative estimate of drug-likeness (QED) is 0.329. The number of benzene rings is 2. The average Bonchev–Trinajstić information content (AvgIpc) is 3.35. The highest BCUT2D eigenvalue weighted by atomic mass is 16.4. The minimum atomic E-state index is -1.81. The minimum Gasteiger partial charge on any atom is -0.481 e. The van der Waals surface area contributed by atoms with Crippen LogP contribution in [0, 0.1) is 19.8 Å². The first-order chi connectivity index (χ1) is 18.2. The molecule has 1 atom stereocenters. The summed E-state index contributed by atoms with van der Waals surface area (Å²) in [5.41, 5.74) is 4.40. The second-order valence-corrected chi connectivity index (χ2v) is 10.0. The highest BCUT2D eigenvalue weighted by Crippen LogP contribution is 2.49. The number of fused-ring (bicyclic) bond motifs is 2. The molecular weight excluding hydrogens is 482 g/mol. The summed E-state index contributed by atoms with van der Waals surface area (Å²) < 4.78 is 2.11. The normalized spacial score (nSPS) is 16.8. The number of carboxylic acid groups (broad SMARTS) is 2. The fourth-order valence-corrected chi connectivity index (χ4v) is 5.89. The first-order valence-corrected chi connectivity index (χ1v) is 12.7. The van der Waals surface area contributed by atoms with E-state index in [0.717, 1.165) is 46.7 Å². The van der Waals surface area contributed by atoms with E-state index in [1.165, 1.54) is 0 Å². The maximum atomic E-state index is 13.0. The molecule has 2 aromatic heterocycles. The van der Waals surface area contributed by atoms with Crippen molar-refractivity contribution in [2.24, 2.45) is 5.92 Å². The number of carbonyl (C=O) groups is 3. The first kappa shape index (κ1) is 25.3. The second-order valence-electron chi connectivity index (χ2n) is 10.0. The average molecular weight is 512 g/mol. The monoisotopic (exact) mass is 511 g/mol. The number of rotatable bonds is 8. The Kier molecular flexibility index (Phi) is 6.34. The lowest BCUT2D eigenvalue weighted by molar-refractivity contribution is -0.157. The van der Waals surface area contributed by atoms with E-state index in [4.69, 9.17) is 9.97 Å². The third-order valence-electron chi connectivity index (χ3n) is 7.52. The summed E-state index contributed by atoms with van der Waals surface area (Å²) in [6.45, 7) is 6.59. The van der Waals surface area contributed by atoms with E-state index >= 15 is 0 Å². The number of imidazole rings is 1. The van der Waals surface area contributed by atoms with Crippen LogP contribution in [0.4, 0.5) is 0 Å². The number of aliphatic carboxylic acids is 2. The molecule has 0 saturated heterocycles. The molecule has 1 aliphatic carbocycles. The predicted molar refractivity (Wildman–Crippen MR) is 141 cm³/mol. The van der Waals surface area contributed by atoms with Crippen LogP contribution in [0.25, 0.3) is 11.2 Å². The van der Waals surface area contributed by atoms with Crippen molar-refractivity contribution in [3.63, 3.8) is 0 Å². The van der Waals surface area contributed by atoms with Crippen LogP contribution in [-0.2, 0) is 28.0 Å². The Hall–Kier alpha value is -4.33. The molecule has 0 fully saturated rings. The van der Waals surface area contributed by atoms with Gasteiger partial charge in [-0.3, -0.25) is 14.4 Å². The molecule has 194 valence electrons. The van der Waals surface area contributed by atoms with E-state index in [2.05, 4.69) is 11.5 Å². The van der Waals surface area contributed by atoms with Gasteiger partial charge in [0, 0.05) is 24.1 Å². The molecule has 0 amide bonds. The predicted octanol–water partition coefficient (Wildman–Crippen LogP) is 4.71. The molecule has 8 nitrogen and oxygen atoms in total. The highest BCUT2D eigenvalue weighted by molar-refractivity contribution is 6.07. The Balaban J connectivity index is 1.61. The van der Waals surface area contributed by atoms with Crippen molar-refractivity contribution in [2.45, 2.75) is 52.0 Å². The van der Waals surface area contributed by atoms with Gasteiger partial charge >= 0.3 is 11.9 Å². The molecule has 0 radical (unpaired) electrons. The standard InChI is InChI=1S/C30H29N3O5/c1-4-7-24-32-26-17(2)14-18(3)31-27(26)33(24)16-19-10-12-20(13-11-19)30(25(28(35)36)29(37)38)15-23(34)21-8-5-6-9-22(21)30/h5-6,8-14,25H,4,7,15-16H2,1-3H3,(H,35,36)(H,37,38). The number of Topliss-reactive ketones (excluding diaryl/α,β-unsaturated/α-hetero) is 1. The van der Waals surface area contributed by atoms with Gasteiger partial charge in [0.15, 0.2) is 17.3 Å². The lowest BCUT2D eigenvalue weighted by atomic mass is 9.66. The zero-order valence-electron chi connectivity index (χ0n) is 21.6. The van der Waals surface area contributed by atoms with Gasteiger partial charge in [-0.2, -0.15) is 0 Å². The van der Waals surface area contributed by atoms with Crippen molar-refractivity contribution < 1.29 is 24.6 Å². The number of ketones is 1. The van der Waals surface area contributed by atoms with E-state index in [9.17, 15) is 24.6 Å². The fraction of sp³-hybridized carbons (Fsp3) is 0.300. The smallest absolute Gasteiger partial charge is 0.319 e. The maximum Gasteiger partial charge on any atom is 0.319 e. The molecule has 38 heavy (non-hydrogen) atoms. The van der Waals surface area contributed by atoms with Gasteiger partial charge in [-0.05, 0) is 48.6 Å². The van der Waals surface area contributed by atoms with Gasteiger partial charge in [0.2, 0.25) is 0 Å². The van der Waals surface area contributed by atoms with Crippen LogP contribution in [-0.4, -0.2) is 42.5 Å². The van der Waals surface area contributed by atoms with Crippen LogP contribution >= 0.6 is 0 Å². The summed E-state index contributed by atoms with van der Waals surface area (Å²) in [5.74, 6) is -4.08. The molecule has 2 heterocycles. The molecule has 1 unspecified atom stereocenters. The first-order valence-electron chi connectivity index (χ1n) is 12.7. The summed E-state index contributed by atoms with van der Waals surface area (Å²) in [4.78, 5) is 47.1. The number of hydrogen-bond donors (Lipinski definition) is 2. The zero-order valence-corrected chi connectivity index (χ0v) is 21.6. The number of nitrogens with zero attached hydrogens (tertiary/aromatic N) is 3. The summed E-state index contributed by atoms with van der Waals surface area (Å²) in [6, 6.07) is 16.0. The lowest BCUT2D eigenvalue weighted by Gasteiger charge is -2.34. The van der Waals surface area contributed by atoms with Crippen molar-refractivity contribution in [3.8, 4) is 0 Å². The number of carbonyl (C=O) groups excluding carboxylic acids is 1. The van der Waals surface area contributed by atoms with Crippen LogP contribution < -0.4 is 0 Å². The van der Waals surface area contributed by atoms with E-state index in [1.807, 2.05) is 32.0 Å². The summed E-state index contributed by atoms with van der Waals surface area (Å²) in [7, 11) is 0. The maximum absolute atomic E-state index is 13.0. The van der Waals surface area contributed by atoms with Gasteiger partial charge in [-0.25, -0.2) is 9.97 Å². The number of aromatic nitrogens is 3. The number of carboxylic acids is 2. The zero-order chi connectivity index (χ0) is 27.2. The fourth-order valence-electron chi connectivity index (χ4n) is 5.89. The Morgan fingerprint density at radius 1 is 1.03 bits per heavy atom. The van der Waals surface area contributed by atoms with E-state index in [0.29, 0.717) is 23.2 Å². The van der Waals surface area contributed by atoms with Crippen molar-refractivity contribution in [3.05, 3.63) is 93.9 Å².